The maximum Gasteiger partial charge on any atom is 0.221 e. The first-order valence-corrected chi connectivity index (χ1v) is 14.6. The van der Waals surface area contributed by atoms with Gasteiger partial charge in [-0.2, -0.15) is 0 Å². The van der Waals surface area contributed by atoms with Crippen molar-refractivity contribution in [3.8, 4) is 0 Å². The lowest BCUT2D eigenvalue weighted by Gasteiger charge is -2.33. The molecule has 0 saturated carbocycles. The minimum absolute atomic E-state index is 0.187. The summed E-state index contributed by atoms with van der Waals surface area (Å²) in [6.07, 6.45) is 13.8. The molecular formula is C28H55N5O2. The Morgan fingerprint density at radius 3 is 1.89 bits per heavy atom. The van der Waals surface area contributed by atoms with Crippen LogP contribution in [0.4, 0.5) is 0 Å². The van der Waals surface area contributed by atoms with Gasteiger partial charge in [0.25, 0.3) is 0 Å². The molecule has 2 amide bonds. The third-order valence-corrected chi connectivity index (χ3v) is 7.96. The molecule has 204 valence electrons. The van der Waals surface area contributed by atoms with Gasteiger partial charge in [-0.3, -0.25) is 9.59 Å². The van der Waals surface area contributed by atoms with Crippen molar-refractivity contribution in [2.24, 2.45) is 23.5 Å². The molecule has 2 aliphatic heterocycles. The predicted octanol–water partition coefficient (Wildman–Crippen LogP) is 3.38. The number of hydrogen-bond acceptors (Lipinski definition) is 5. The number of nitrogens with zero attached hydrogens (tertiary/aromatic N) is 2. The Bertz CT molecular complexity index is 570. The van der Waals surface area contributed by atoms with E-state index >= 15 is 0 Å². The van der Waals surface area contributed by atoms with E-state index in [4.69, 9.17) is 5.73 Å². The number of rotatable bonds is 18. The summed E-state index contributed by atoms with van der Waals surface area (Å²) in [7, 11) is 0. The van der Waals surface area contributed by atoms with Crippen molar-refractivity contribution >= 4 is 11.8 Å². The molecule has 2 heterocycles. The molecule has 0 aliphatic carbocycles. The first kappa shape index (κ1) is 30.0. The lowest BCUT2D eigenvalue weighted by molar-refractivity contribution is -0.121. The van der Waals surface area contributed by atoms with E-state index in [0.29, 0.717) is 12.8 Å². The second kappa shape index (κ2) is 18.1. The van der Waals surface area contributed by atoms with E-state index in [1.165, 1.54) is 57.8 Å². The molecule has 0 aromatic rings. The number of carbonyl (C=O) groups excluding carboxylic acids is 2. The SMILES string of the molecule is CC(C)CCCNCCCNC(=O)CCN1CCC(CCCC2CCN(CCC(N)=O)CC2)CC1. The number of primary amides is 1. The highest BCUT2D eigenvalue weighted by Crippen LogP contribution is 2.27. The molecule has 0 aromatic carbocycles. The van der Waals surface area contributed by atoms with E-state index in [9.17, 15) is 9.59 Å². The summed E-state index contributed by atoms with van der Waals surface area (Å²) >= 11 is 0. The number of nitrogens with two attached hydrogens (primary N) is 1. The van der Waals surface area contributed by atoms with Gasteiger partial charge in [-0.25, -0.2) is 0 Å². The molecular weight excluding hydrogens is 438 g/mol. The summed E-state index contributed by atoms with van der Waals surface area (Å²) in [5.41, 5.74) is 5.27. The normalized spacial score (nSPS) is 18.8. The Labute approximate surface area is 215 Å². The molecule has 2 fully saturated rings. The van der Waals surface area contributed by atoms with E-state index < -0.39 is 0 Å². The van der Waals surface area contributed by atoms with Gasteiger partial charge in [0.2, 0.25) is 11.8 Å². The first-order valence-electron chi connectivity index (χ1n) is 14.6. The molecule has 35 heavy (non-hydrogen) atoms. The minimum atomic E-state index is -0.187. The van der Waals surface area contributed by atoms with Gasteiger partial charge in [-0.05, 0) is 102 Å². The van der Waals surface area contributed by atoms with Crippen LogP contribution in [0, 0.1) is 17.8 Å². The van der Waals surface area contributed by atoms with Gasteiger partial charge in [-0.1, -0.05) is 33.1 Å². The largest absolute Gasteiger partial charge is 0.370 e. The van der Waals surface area contributed by atoms with Crippen molar-refractivity contribution in [2.45, 2.75) is 90.9 Å². The van der Waals surface area contributed by atoms with E-state index in [1.807, 2.05) is 0 Å². The van der Waals surface area contributed by atoms with Crippen LogP contribution < -0.4 is 16.4 Å². The number of piperidine rings is 2. The zero-order valence-electron chi connectivity index (χ0n) is 22.9. The van der Waals surface area contributed by atoms with Gasteiger partial charge >= 0.3 is 0 Å². The third kappa shape index (κ3) is 14.8. The summed E-state index contributed by atoms with van der Waals surface area (Å²) in [6.45, 7) is 13.7. The number of carbonyl (C=O) groups is 2. The highest BCUT2D eigenvalue weighted by atomic mass is 16.1. The van der Waals surface area contributed by atoms with Gasteiger partial charge < -0.3 is 26.2 Å². The van der Waals surface area contributed by atoms with Crippen molar-refractivity contribution < 1.29 is 9.59 Å². The second-order valence-corrected chi connectivity index (χ2v) is 11.5. The molecule has 0 unspecified atom stereocenters. The van der Waals surface area contributed by atoms with Crippen LogP contribution in [-0.2, 0) is 9.59 Å². The summed E-state index contributed by atoms with van der Waals surface area (Å²) in [6, 6.07) is 0. The molecule has 4 N–H and O–H groups in total. The van der Waals surface area contributed by atoms with Gasteiger partial charge in [-0.15, -0.1) is 0 Å². The lowest BCUT2D eigenvalue weighted by Crippen LogP contribution is -2.37. The highest BCUT2D eigenvalue weighted by molar-refractivity contribution is 5.76. The standard InChI is InChI=1S/C28H55N5O2/c1-24(2)6-4-15-30-16-5-17-31-28(35)14-23-33-20-11-26(12-21-33)8-3-7-25-9-18-32(19-10-25)22-13-27(29)34/h24-26,30H,3-23H2,1-2H3,(H2,29,34)(H,31,35). The van der Waals surface area contributed by atoms with Crippen LogP contribution >= 0.6 is 0 Å². The van der Waals surface area contributed by atoms with Crippen molar-refractivity contribution in [3.63, 3.8) is 0 Å². The number of hydrogen-bond donors (Lipinski definition) is 3. The fraction of sp³-hybridized carbons (Fsp3) is 0.929. The summed E-state index contributed by atoms with van der Waals surface area (Å²) < 4.78 is 0. The van der Waals surface area contributed by atoms with E-state index in [1.54, 1.807) is 0 Å². The zero-order valence-corrected chi connectivity index (χ0v) is 22.9. The van der Waals surface area contributed by atoms with Crippen molar-refractivity contribution in [1.82, 2.24) is 20.4 Å². The van der Waals surface area contributed by atoms with Crippen LogP contribution in [0.3, 0.4) is 0 Å². The fourth-order valence-corrected chi connectivity index (χ4v) is 5.51. The molecule has 2 aliphatic rings. The van der Waals surface area contributed by atoms with Gasteiger partial charge in [0, 0.05) is 32.5 Å². The quantitative estimate of drug-likeness (QED) is 0.255. The Hall–Kier alpha value is -1.18. The van der Waals surface area contributed by atoms with Crippen molar-refractivity contribution in [2.75, 3.05) is 58.9 Å². The Morgan fingerprint density at radius 2 is 1.34 bits per heavy atom. The van der Waals surface area contributed by atoms with Crippen LogP contribution in [-0.4, -0.2) is 80.5 Å². The van der Waals surface area contributed by atoms with Gasteiger partial charge in [0.1, 0.15) is 0 Å². The molecule has 2 rings (SSSR count). The Balaban J connectivity index is 1.40. The molecule has 0 aromatic heterocycles. The Morgan fingerprint density at radius 1 is 0.800 bits per heavy atom. The van der Waals surface area contributed by atoms with Crippen LogP contribution in [0.5, 0.6) is 0 Å². The topological polar surface area (TPSA) is 90.7 Å². The Kier molecular flexibility index (Phi) is 15.6. The average molecular weight is 494 g/mol. The van der Waals surface area contributed by atoms with Gasteiger partial charge in [0.15, 0.2) is 0 Å². The van der Waals surface area contributed by atoms with E-state index in [-0.39, 0.29) is 11.8 Å². The number of likely N-dealkylation sites (tertiary alicyclic amines) is 2. The van der Waals surface area contributed by atoms with Crippen LogP contribution in [0.1, 0.15) is 90.9 Å². The summed E-state index contributed by atoms with van der Waals surface area (Å²) in [5, 5.41) is 6.55. The minimum Gasteiger partial charge on any atom is -0.370 e. The zero-order chi connectivity index (χ0) is 25.3. The van der Waals surface area contributed by atoms with Crippen LogP contribution in [0.15, 0.2) is 0 Å². The van der Waals surface area contributed by atoms with E-state index in [0.717, 1.165) is 83.1 Å². The monoisotopic (exact) mass is 493 g/mol. The first-order chi connectivity index (χ1) is 16.9. The van der Waals surface area contributed by atoms with Gasteiger partial charge in [0.05, 0.1) is 0 Å². The molecule has 0 bridgehead atoms. The highest BCUT2D eigenvalue weighted by Gasteiger charge is 2.22. The van der Waals surface area contributed by atoms with Crippen LogP contribution in [0.2, 0.25) is 0 Å². The molecule has 2 saturated heterocycles. The molecule has 7 heteroatoms. The van der Waals surface area contributed by atoms with Crippen molar-refractivity contribution in [3.05, 3.63) is 0 Å². The smallest absolute Gasteiger partial charge is 0.221 e. The van der Waals surface area contributed by atoms with E-state index in [2.05, 4.69) is 34.3 Å². The molecule has 0 radical (unpaired) electrons. The molecule has 7 nitrogen and oxygen atoms in total. The molecule has 0 spiro atoms. The maximum absolute atomic E-state index is 12.2. The lowest BCUT2D eigenvalue weighted by atomic mass is 9.87. The van der Waals surface area contributed by atoms with Crippen LogP contribution in [0.25, 0.3) is 0 Å². The fourth-order valence-electron chi connectivity index (χ4n) is 5.51. The maximum atomic E-state index is 12.2. The van der Waals surface area contributed by atoms with Crippen molar-refractivity contribution in [1.29, 1.82) is 0 Å². The average Bonchev–Trinajstić information content (AvgIpc) is 2.84. The predicted molar refractivity (Wildman–Crippen MR) is 145 cm³/mol. The summed E-state index contributed by atoms with van der Waals surface area (Å²) in [5.74, 6) is 2.52. The molecule has 0 atom stereocenters. The number of amides is 2. The number of nitrogens with one attached hydrogen (secondary N) is 2. The summed E-state index contributed by atoms with van der Waals surface area (Å²) in [4.78, 5) is 28.0. The third-order valence-electron chi connectivity index (χ3n) is 7.96. The second-order valence-electron chi connectivity index (χ2n) is 11.5.